The van der Waals surface area contributed by atoms with Gasteiger partial charge in [-0.2, -0.15) is 0 Å². The summed E-state index contributed by atoms with van der Waals surface area (Å²) in [5.74, 6) is 0.794. The Labute approximate surface area is 140 Å². The maximum Gasteiger partial charge on any atom is 0.104 e. The van der Waals surface area contributed by atoms with E-state index in [-0.39, 0.29) is 19.0 Å². The number of ether oxygens (including phenoxy) is 4. The Hall–Kier alpha value is 0.274. The van der Waals surface area contributed by atoms with Gasteiger partial charge in [-0.15, -0.1) is 0 Å². The largest absolute Gasteiger partial charge is 0.381 e. The normalized spacial score (nSPS) is 33.0. The van der Waals surface area contributed by atoms with E-state index in [1.807, 2.05) is 0 Å². The van der Waals surface area contributed by atoms with Crippen LogP contribution in [0.2, 0.25) is 25.2 Å². The van der Waals surface area contributed by atoms with Gasteiger partial charge in [0, 0.05) is 38.9 Å². The molecule has 3 rings (SSSR count). The molecule has 3 aliphatic rings. The van der Waals surface area contributed by atoms with Crippen molar-refractivity contribution in [3.63, 3.8) is 0 Å². The van der Waals surface area contributed by atoms with E-state index in [2.05, 4.69) is 13.1 Å². The molecule has 0 aromatic heterocycles. The highest BCUT2D eigenvalue weighted by molar-refractivity contribution is 6.33. The lowest BCUT2D eigenvalue weighted by atomic mass is 9.90. The van der Waals surface area contributed by atoms with Crippen molar-refractivity contribution in [2.75, 3.05) is 33.0 Å². The van der Waals surface area contributed by atoms with Crippen LogP contribution in [-0.2, 0) is 18.9 Å². The summed E-state index contributed by atoms with van der Waals surface area (Å²) in [4.78, 5) is 0. The molecule has 0 radical (unpaired) electrons. The summed E-state index contributed by atoms with van der Waals surface area (Å²) in [6.45, 7) is 9.35. The van der Waals surface area contributed by atoms with Gasteiger partial charge in [-0.3, -0.25) is 0 Å². The molecule has 3 fully saturated rings. The van der Waals surface area contributed by atoms with Crippen LogP contribution in [-0.4, -0.2) is 70.4 Å². The Morgan fingerprint density at radius 2 is 1.64 bits per heavy atom. The van der Waals surface area contributed by atoms with Gasteiger partial charge in [0.25, 0.3) is 0 Å². The molecule has 0 bridgehead atoms. The fourth-order valence-electron chi connectivity index (χ4n) is 2.76. The first-order valence-electron chi connectivity index (χ1n) is 9.26. The zero-order valence-electron chi connectivity index (χ0n) is 14.4. The van der Waals surface area contributed by atoms with Gasteiger partial charge in [0.15, 0.2) is 0 Å². The summed E-state index contributed by atoms with van der Waals surface area (Å²) in [5.41, 5.74) is 0. The molecule has 0 spiro atoms. The maximum atomic E-state index is 5.66. The highest BCUT2D eigenvalue weighted by atomic mass is 28.2. The highest BCUT2D eigenvalue weighted by Crippen LogP contribution is 2.39. The Bertz CT molecular complexity index is 289. The molecular formula is C16H34O4Si2. The van der Waals surface area contributed by atoms with E-state index < -0.39 is 0 Å². The molecule has 2 aliphatic heterocycles. The molecule has 2 heterocycles. The van der Waals surface area contributed by atoms with Gasteiger partial charge in [0.2, 0.25) is 0 Å². The van der Waals surface area contributed by atoms with Crippen LogP contribution >= 0.6 is 0 Å². The fourth-order valence-corrected chi connectivity index (χ4v) is 3.75. The summed E-state index contributed by atoms with van der Waals surface area (Å²) in [7, 11) is 0.437. The van der Waals surface area contributed by atoms with Crippen molar-refractivity contribution in [1.82, 2.24) is 0 Å². The lowest BCUT2D eigenvalue weighted by Crippen LogP contribution is -2.18. The molecular weight excluding hydrogens is 312 g/mol. The van der Waals surface area contributed by atoms with Crippen LogP contribution in [0.1, 0.15) is 19.3 Å². The smallest absolute Gasteiger partial charge is 0.104 e. The summed E-state index contributed by atoms with van der Waals surface area (Å²) in [6, 6.07) is 2.65. The number of epoxide rings is 2. The number of hydrogen-bond donors (Lipinski definition) is 0. The van der Waals surface area contributed by atoms with Crippen molar-refractivity contribution in [2.24, 2.45) is 5.92 Å². The maximum absolute atomic E-state index is 5.66. The van der Waals surface area contributed by atoms with Crippen LogP contribution in [0.5, 0.6) is 0 Å². The second-order valence-electron chi connectivity index (χ2n) is 6.70. The van der Waals surface area contributed by atoms with Crippen molar-refractivity contribution >= 4 is 19.0 Å². The Balaban J connectivity index is 0.000000172. The first kappa shape index (κ1) is 18.6. The predicted molar refractivity (Wildman–Crippen MR) is 95.8 cm³/mol. The summed E-state index contributed by atoms with van der Waals surface area (Å²) in [6.07, 6.45) is 5.56. The molecule has 4 atom stereocenters. The molecule has 2 saturated heterocycles. The quantitative estimate of drug-likeness (QED) is 0.339. The molecule has 6 heteroatoms. The molecule has 1 saturated carbocycles. The molecule has 1 aliphatic carbocycles. The molecule has 0 amide bonds. The van der Waals surface area contributed by atoms with E-state index in [4.69, 9.17) is 18.9 Å². The third kappa shape index (κ3) is 8.22. The second-order valence-corrected chi connectivity index (χ2v) is 10.1. The Morgan fingerprint density at radius 3 is 2.23 bits per heavy atom. The van der Waals surface area contributed by atoms with Crippen LogP contribution in [0.15, 0.2) is 0 Å². The van der Waals surface area contributed by atoms with E-state index in [9.17, 15) is 0 Å². The van der Waals surface area contributed by atoms with E-state index in [0.717, 1.165) is 39.0 Å². The van der Waals surface area contributed by atoms with Crippen LogP contribution in [0.4, 0.5) is 0 Å². The lowest BCUT2D eigenvalue weighted by molar-refractivity contribution is 0.0980. The molecule has 0 aromatic rings. The molecule has 4 unspecified atom stereocenters. The van der Waals surface area contributed by atoms with Crippen molar-refractivity contribution in [3.05, 3.63) is 0 Å². The third-order valence-electron chi connectivity index (χ3n) is 4.46. The zero-order chi connectivity index (χ0) is 15.6. The minimum absolute atomic E-state index is 0.213. The molecule has 22 heavy (non-hydrogen) atoms. The van der Waals surface area contributed by atoms with Gasteiger partial charge in [-0.25, -0.2) is 0 Å². The van der Waals surface area contributed by atoms with Gasteiger partial charge in [0.1, 0.15) is 6.10 Å². The number of rotatable bonds is 10. The van der Waals surface area contributed by atoms with Gasteiger partial charge in [-0.05, 0) is 37.3 Å². The van der Waals surface area contributed by atoms with Crippen LogP contribution < -0.4 is 0 Å². The van der Waals surface area contributed by atoms with Crippen molar-refractivity contribution in [2.45, 2.75) is 62.8 Å². The molecule has 0 N–H and O–H groups in total. The van der Waals surface area contributed by atoms with Crippen LogP contribution in [0.25, 0.3) is 0 Å². The molecule has 130 valence electrons. The van der Waals surface area contributed by atoms with E-state index in [1.165, 1.54) is 31.4 Å². The predicted octanol–water partition coefficient (Wildman–Crippen LogP) is 1.24. The topological polar surface area (TPSA) is 43.5 Å². The van der Waals surface area contributed by atoms with Gasteiger partial charge >= 0.3 is 0 Å². The second kappa shape index (κ2) is 10.9. The van der Waals surface area contributed by atoms with Crippen molar-refractivity contribution in [1.29, 1.82) is 0 Å². The van der Waals surface area contributed by atoms with E-state index in [1.54, 1.807) is 0 Å². The summed E-state index contributed by atoms with van der Waals surface area (Å²) >= 11 is 0. The summed E-state index contributed by atoms with van der Waals surface area (Å²) in [5, 5.41) is 0. The Kier molecular flexibility index (Phi) is 9.25. The summed E-state index contributed by atoms with van der Waals surface area (Å²) < 4.78 is 21.4. The number of fused-ring (bicyclic) bond motifs is 1. The van der Waals surface area contributed by atoms with Gasteiger partial charge in [-0.1, -0.05) is 13.1 Å². The first-order chi connectivity index (χ1) is 10.8. The number of hydrogen-bond acceptors (Lipinski definition) is 4. The monoisotopic (exact) mass is 346 g/mol. The van der Waals surface area contributed by atoms with Crippen LogP contribution in [0.3, 0.4) is 0 Å². The van der Waals surface area contributed by atoms with Gasteiger partial charge in [0.05, 0.1) is 25.4 Å². The average molecular weight is 347 g/mol. The SMILES string of the molecule is C[SiH2]CCOCC1CCC2OC2C1.C[SiH2]CCOCC1CO1. The Morgan fingerprint density at radius 1 is 0.955 bits per heavy atom. The third-order valence-corrected chi connectivity index (χ3v) is 6.45. The van der Waals surface area contributed by atoms with E-state index >= 15 is 0 Å². The van der Waals surface area contributed by atoms with Crippen molar-refractivity contribution < 1.29 is 18.9 Å². The standard InChI is InChI=1S/C10H20O2Si.C6H14O2Si/c1-13-5-4-11-7-8-2-3-9-10(6-8)12-9;1-9-3-2-7-4-6-5-8-6/h8-10H,2-7,13H2,1H3;6H,2-5,9H2,1H3. The van der Waals surface area contributed by atoms with E-state index in [0.29, 0.717) is 18.3 Å². The highest BCUT2D eigenvalue weighted by Gasteiger charge is 2.43. The minimum Gasteiger partial charge on any atom is -0.381 e. The van der Waals surface area contributed by atoms with Crippen LogP contribution in [0, 0.1) is 5.92 Å². The fraction of sp³-hybridized carbons (Fsp3) is 1.00. The first-order valence-corrected chi connectivity index (χ1v) is 14.1. The van der Waals surface area contributed by atoms with Gasteiger partial charge < -0.3 is 18.9 Å². The zero-order valence-corrected chi connectivity index (χ0v) is 17.3. The minimum atomic E-state index is 0.213. The van der Waals surface area contributed by atoms with Crippen molar-refractivity contribution in [3.8, 4) is 0 Å². The average Bonchev–Trinajstić information content (AvgIpc) is 3.43. The molecule has 0 aromatic carbocycles. The lowest BCUT2D eigenvalue weighted by Gasteiger charge is -2.18. The molecule has 4 nitrogen and oxygen atoms in total.